The van der Waals surface area contributed by atoms with Crippen molar-refractivity contribution in [2.45, 2.75) is 10.6 Å². The molecule has 0 saturated heterocycles. The molecule has 21 heavy (non-hydrogen) atoms. The number of carboxylic acid groups (broad SMARTS) is 1. The Labute approximate surface area is 125 Å². The van der Waals surface area contributed by atoms with E-state index in [0.29, 0.717) is 10.6 Å². The van der Waals surface area contributed by atoms with Crippen LogP contribution in [-0.2, 0) is 21.2 Å². The fourth-order valence-corrected chi connectivity index (χ4v) is 4.41. The molecule has 0 bridgehead atoms. The zero-order valence-electron chi connectivity index (χ0n) is 11.1. The van der Waals surface area contributed by atoms with Crippen molar-refractivity contribution >= 4 is 33.0 Å². The van der Waals surface area contributed by atoms with E-state index < -0.39 is 16.0 Å². The van der Waals surface area contributed by atoms with Crippen LogP contribution in [0.3, 0.4) is 0 Å². The molecule has 1 aromatic carbocycles. The summed E-state index contributed by atoms with van der Waals surface area (Å²) in [6, 6.07) is 8.76. The van der Waals surface area contributed by atoms with Gasteiger partial charge in [-0.25, -0.2) is 8.42 Å². The smallest absolute Gasteiger partial charge is 0.308 e. The molecule has 0 saturated carbocycles. The average molecular weight is 327 g/mol. The first-order chi connectivity index (χ1) is 9.80. The van der Waals surface area contributed by atoms with E-state index in [2.05, 4.69) is 0 Å². The highest BCUT2D eigenvalue weighted by Gasteiger charge is 2.23. The molecule has 1 aromatic heterocycles. The molecule has 0 spiro atoms. The maximum absolute atomic E-state index is 12.5. The number of phenols is 1. The predicted octanol–water partition coefficient (Wildman–Crippen LogP) is 1.91. The van der Waals surface area contributed by atoms with Crippen molar-refractivity contribution < 1.29 is 23.4 Å². The minimum atomic E-state index is -3.78. The van der Waals surface area contributed by atoms with E-state index in [9.17, 15) is 18.3 Å². The number of anilines is 1. The summed E-state index contributed by atoms with van der Waals surface area (Å²) in [5.74, 6) is -1.05. The number of nitrogens with zero attached hydrogens (tertiary/aromatic N) is 1. The van der Waals surface area contributed by atoms with Crippen LogP contribution < -0.4 is 4.31 Å². The molecule has 0 atom stereocenters. The molecule has 112 valence electrons. The summed E-state index contributed by atoms with van der Waals surface area (Å²) < 4.78 is 26.0. The van der Waals surface area contributed by atoms with Crippen molar-refractivity contribution in [3.05, 3.63) is 41.3 Å². The molecule has 8 heteroatoms. The van der Waals surface area contributed by atoms with Gasteiger partial charge in [-0.05, 0) is 24.3 Å². The van der Waals surface area contributed by atoms with Gasteiger partial charge in [-0.15, -0.1) is 11.3 Å². The first kappa shape index (κ1) is 15.3. The highest BCUT2D eigenvalue weighted by atomic mass is 32.2. The first-order valence-electron chi connectivity index (χ1n) is 5.89. The van der Waals surface area contributed by atoms with Gasteiger partial charge in [0.25, 0.3) is 10.0 Å². The van der Waals surface area contributed by atoms with Gasteiger partial charge in [-0.2, -0.15) is 0 Å². The Morgan fingerprint density at radius 2 is 2.00 bits per heavy atom. The monoisotopic (exact) mass is 327 g/mol. The van der Waals surface area contributed by atoms with Gasteiger partial charge in [0, 0.05) is 18.0 Å². The summed E-state index contributed by atoms with van der Waals surface area (Å²) in [4.78, 5) is 11.1. The fourth-order valence-electron chi connectivity index (χ4n) is 1.70. The maximum Gasteiger partial charge on any atom is 0.308 e. The van der Waals surface area contributed by atoms with Crippen molar-refractivity contribution in [2.24, 2.45) is 0 Å². The molecule has 0 fully saturated rings. The van der Waals surface area contributed by atoms with Crippen molar-refractivity contribution in [1.82, 2.24) is 0 Å². The van der Waals surface area contributed by atoms with Crippen LogP contribution in [0.4, 0.5) is 5.69 Å². The summed E-state index contributed by atoms with van der Waals surface area (Å²) in [7, 11) is -2.40. The van der Waals surface area contributed by atoms with Crippen molar-refractivity contribution in [3.63, 3.8) is 0 Å². The Bertz CT molecular complexity index is 766. The number of thiophene rings is 1. The lowest BCUT2D eigenvalue weighted by molar-refractivity contribution is -0.136. The molecular formula is C13H13NO5S2. The zero-order chi connectivity index (χ0) is 15.6. The molecule has 0 amide bonds. The quantitative estimate of drug-likeness (QED) is 0.874. The molecule has 0 aliphatic heterocycles. The largest absolute Gasteiger partial charge is 0.508 e. The fraction of sp³-hybridized carbons (Fsp3) is 0.154. The number of rotatable bonds is 5. The standard InChI is InChI=1S/C13H13NO5S2/c1-14(9-3-2-4-10(15)7-9)21(18,19)13-6-5-11(20-13)8-12(16)17/h2-7,15H,8H2,1H3,(H,16,17). The van der Waals surface area contributed by atoms with E-state index in [0.717, 1.165) is 15.6 Å². The minimum Gasteiger partial charge on any atom is -0.508 e. The van der Waals surface area contributed by atoms with Gasteiger partial charge in [0.15, 0.2) is 0 Å². The lowest BCUT2D eigenvalue weighted by Gasteiger charge is -2.18. The second-order valence-electron chi connectivity index (χ2n) is 4.28. The van der Waals surface area contributed by atoms with Gasteiger partial charge < -0.3 is 10.2 Å². The van der Waals surface area contributed by atoms with Gasteiger partial charge >= 0.3 is 5.97 Å². The van der Waals surface area contributed by atoms with E-state index in [1.165, 1.54) is 31.3 Å². The first-order valence-corrected chi connectivity index (χ1v) is 8.15. The van der Waals surface area contributed by atoms with Crippen LogP contribution in [0.1, 0.15) is 4.88 Å². The van der Waals surface area contributed by atoms with E-state index in [4.69, 9.17) is 5.11 Å². The second-order valence-corrected chi connectivity index (χ2v) is 7.65. The normalized spacial score (nSPS) is 11.3. The second kappa shape index (κ2) is 5.74. The van der Waals surface area contributed by atoms with E-state index in [-0.39, 0.29) is 16.4 Å². The number of hydrogen-bond acceptors (Lipinski definition) is 5. The maximum atomic E-state index is 12.5. The van der Waals surface area contributed by atoms with Gasteiger partial charge in [0.1, 0.15) is 9.96 Å². The number of phenolic OH excluding ortho intramolecular Hbond substituents is 1. The highest BCUT2D eigenvalue weighted by molar-refractivity contribution is 7.94. The van der Waals surface area contributed by atoms with Crippen LogP contribution in [-0.4, -0.2) is 31.6 Å². The summed E-state index contributed by atoms with van der Waals surface area (Å²) in [6.07, 6.45) is -0.212. The third kappa shape index (κ3) is 3.34. The molecule has 2 rings (SSSR count). The molecule has 0 aliphatic rings. The summed E-state index contributed by atoms with van der Waals surface area (Å²) >= 11 is 0.922. The lowest BCUT2D eigenvalue weighted by atomic mass is 10.3. The molecule has 6 nitrogen and oxygen atoms in total. The summed E-state index contributed by atoms with van der Waals surface area (Å²) in [5, 5.41) is 18.1. The predicted molar refractivity (Wildman–Crippen MR) is 79.4 cm³/mol. The van der Waals surface area contributed by atoms with E-state index >= 15 is 0 Å². The Balaban J connectivity index is 2.33. The minimum absolute atomic E-state index is 0.0349. The number of aromatic hydroxyl groups is 1. The molecule has 2 aromatic rings. The topological polar surface area (TPSA) is 94.9 Å². The van der Waals surface area contributed by atoms with Gasteiger partial charge in [-0.3, -0.25) is 9.10 Å². The molecule has 0 aliphatic carbocycles. The SMILES string of the molecule is CN(c1cccc(O)c1)S(=O)(=O)c1ccc(CC(=O)O)s1. The molecule has 2 N–H and O–H groups in total. The van der Waals surface area contributed by atoms with Gasteiger partial charge in [-0.1, -0.05) is 6.07 Å². The van der Waals surface area contributed by atoms with Crippen LogP contribution in [0.25, 0.3) is 0 Å². The molecule has 0 radical (unpaired) electrons. The number of hydrogen-bond donors (Lipinski definition) is 2. The third-order valence-corrected chi connectivity index (χ3v) is 6.11. The van der Waals surface area contributed by atoms with Crippen LogP contribution in [0.5, 0.6) is 5.75 Å². The summed E-state index contributed by atoms with van der Waals surface area (Å²) in [6.45, 7) is 0. The molecule has 1 heterocycles. The van der Waals surface area contributed by atoms with Crippen molar-refractivity contribution in [3.8, 4) is 5.75 Å². The Morgan fingerprint density at radius 3 is 2.62 bits per heavy atom. The Kier molecular flexibility index (Phi) is 4.19. The summed E-state index contributed by atoms with van der Waals surface area (Å²) in [5.41, 5.74) is 0.322. The number of carboxylic acids is 1. The number of carbonyl (C=O) groups is 1. The van der Waals surface area contributed by atoms with E-state index in [1.54, 1.807) is 12.1 Å². The number of sulfonamides is 1. The number of benzene rings is 1. The molecular weight excluding hydrogens is 314 g/mol. The Hall–Kier alpha value is -2.06. The van der Waals surface area contributed by atoms with Crippen LogP contribution in [0, 0.1) is 0 Å². The lowest BCUT2D eigenvalue weighted by Crippen LogP contribution is -2.25. The average Bonchev–Trinajstić information content (AvgIpc) is 2.86. The van der Waals surface area contributed by atoms with Crippen LogP contribution in [0.2, 0.25) is 0 Å². The Morgan fingerprint density at radius 1 is 1.29 bits per heavy atom. The highest BCUT2D eigenvalue weighted by Crippen LogP contribution is 2.29. The van der Waals surface area contributed by atoms with E-state index in [1.807, 2.05) is 0 Å². The third-order valence-electron chi connectivity index (χ3n) is 2.77. The number of aliphatic carboxylic acids is 1. The van der Waals surface area contributed by atoms with Crippen molar-refractivity contribution in [2.75, 3.05) is 11.4 Å². The van der Waals surface area contributed by atoms with Gasteiger partial charge in [0.05, 0.1) is 12.1 Å². The van der Waals surface area contributed by atoms with Crippen molar-refractivity contribution in [1.29, 1.82) is 0 Å². The van der Waals surface area contributed by atoms with Gasteiger partial charge in [0.2, 0.25) is 0 Å². The van der Waals surface area contributed by atoms with Crippen LogP contribution >= 0.6 is 11.3 Å². The molecule has 0 unspecified atom stereocenters. The van der Waals surface area contributed by atoms with Crippen LogP contribution in [0.15, 0.2) is 40.6 Å². The zero-order valence-corrected chi connectivity index (χ0v) is 12.7.